The summed E-state index contributed by atoms with van der Waals surface area (Å²) < 4.78 is 0. The van der Waals surface area contributed by atoms with Crippen LogP contribution < -0.4 is 5.32 Å². The van der Waals surface area contributed by atoms with Crippen LogP contribution in [0.5, 0.6) is 0 Å². The van der Waals surface area contributed by atoms with Crippen LogP contribution in [0.1, 0.15) is 32.1 Å². The fourth-order valence-electron chi connectivity index (χ4n) is 3.39. The SMILES string of the molecule is CN(C)CC1CC(O)CN1CCCC1CCCN1. The van der Waals surface area contributed by atoms with Gasteiger partial charge in [0.25, 0.3) is 0 Å². The molecule has 0 radical (unpaired) electrons. The molecule has 106 valence electrons. The number of aliphatic hydroxyl groups excluding tert-OH is 1. The van der Waals surface area contributed by atoms with E-state index in [0.29, 0.717) is 6.04 Å². The summed E-state index contributed by atoms with van der Waals surface area (Å²) >= 11 is 0. The van der Waals surface area contributed by atoms with Gasteiger partial charge in [0.2, 0.25) is 0 Å². The third-order valence-electron chi connectivity index (χ3n) is 4.24. The largest absolute Gasteiger partial charge is 0.392 e. The van der Waals surface area contributed by atoms with E-state index in [2.05, 4.69) is 29.2 Å². The van der Waals surface area contributed by atoms with Gasteiger partial charge in [-0.25, -0.2) is 0 Å². The zero-order valence-electron chi connectivity index (χ0n) is 11.9. The Labute approximate surface area is 111 Å². The molecule has 0 aromatic heterocycles. The van der Waals surface area contributed by atoms with E-state index in [0.717, 1.165) is 32.1 Å². The Morgan fingerprint density at radius 2 is 2.22 bits per heavy atom. The summed E-state index contributed by atoms with van der Waals surface area (Å²) in [6, 6.07) is 1.30. The first-order valence-corrected chi connectivity index (χ1v) is 7.45. The Morgan fingerprint density at radius 3 is 2.89 bits per heavy atom. The third kappa shape index (κ3) is 4.19. The van der Waals surface area contributed by atoms with Crippen molar-refractivity contribution in [3.8, 4) is 0 Å². The molecule has 4 nitrogen and oxygen atoms in total. The second-order valence-electron chi connectivity index (χ2n) is 6.24. The molecule has 0 aromatic carbocycles. The molecule has 2 aliphatic rings. The topological polar surface area (TPSA) is 38.7 Å². The quantitative estimate of drug-likeness (QED) is 0.726. The molecule has 2 N–H and O–H groups in total. The van der Waals surface area contributed by atoms with E-state index in [4.69, 9.17) is 0 Å². The van der Waals surface area contributed by atoms with Gasteiger partial charge in [-0.3, -0.25) is 4.90 Å². The molecule has 0 amide bonds. The Hall–Kier alpha value is -0.160. The highest BCUT2D eigenvalue weighted by Crippen LogP contribution is 2.20. The molecule has 3 atom stereocenters. The zero-order chi connectivity index (χ0) is 13.0. The normalized spacial score (nSPS) is 33.7. The van der Waals surface area contributed by atoms with Crippen molar-refractivity contribution in [2.75, 3.05) is 40.3 Å². The maximum atomic E-state index is 9.82. The van der Waals surface area contributed by atoms with Gasteiger partial charge in [-0.2, -0.15) is 0 Å². The van der Waals surface area contributed by atoms with Crippen LogP contribution in [0.25, 0.3) is 0 Å². The molecule has 4 heteroatoms. The number of likely N-dealkylation sites (N-methyl/N-ethyl adjacent to an activating group) is 1. The van der Waals surface area contributed by atoms with Crippen molar-refractivity contribution < 1.29 is 5.11 Å². The number of hydrogen-bond donors (Lipinski definition) is 2. The van der Waals surface area contributed by atoms with Crippen LogP contribution in [0.2, 0.25) is 0 Å². The van der Waals surface area contributed by atoms with Gasteiger partial charge in [0.15, 0.2) is 0 Å². The molecule has 2 heterocycles. The average Bonchev–Trinajstić information content (AvgIpc) is 2.89. The van der Waals surface area contributed by atoms with Gasteiger partial charge >= 0.3 is 0 Å². The van der Waals surface area contributed by atoms with E-state index in [1.807, 2.05) is 0 Å². The average molecular weight is 255 g/mol. The van der Waals surface area contributed by atoms with E-state index in [9.17, 15) is 5.11 Å². The number of hydrogen-bond acceptors (Lipinski definition) is 4. The molecule has 2 saturated heterocycles. The van der Waals surface area contributed by atoms with Gasteiger partial charge in [0.1, 0.15) is 0 Å². The van der Waals surface area contributed by atoms with Crippen molar-refractivity contribution >= 4 is 0 Å². The Morgan fingerprint density at radius 1 is 1.39 bits per heavy atom. The summed E-state index contributed by atoms with van der Waals surface area (Å²) in [5.74, 6) is 0. The van der Waals surface area contributed by atoms with Crippen molar-refractivity contribution in [3.63, 3.8) is 0 Å². The van der Waals surface area contributed by atoms with Crippen molar-refractivity contribution in [2.24, 2.45) is 0 Å². The second-order valence-corrected chi connectivity index (χ2v) is 6.24. The first kappa shape index (κ1) is 14.3. The highest BCUT2D eigenvalue weighted by molar-refractivity contribution is 4.86. The molecule has 18 heavy (non-hydrogen) atoms. The first-order valence-electron chi connectivity index (χ1n) is 7.45. The number of nitrogens with zero attached hydrogens (tertiary/aromatic N) is 2. The third-order valence-corrected chi connectivity index (χ3v) is 4.24. The van der Waals surface area contributed by atoms with Crippen LogP contribution in [0, 0.1) is 0 Å². The molecular formula is C14H29N3O. The molecule has 2 rings (SSSR count). The maximum absolute atomic E-state index is 9.82. The van der Waals surface area contributed by atoms with Gasteiger partial charge in [-0.15, -0.1) is 0 Å². The molecule has 0 spiro atoms. The van der Waals surface area contributed by atoms with Gasteiger partial charge in [0.05, 0.1) is 6.10 Å². The number of rotatable bonds is 6. The summed E-state index contributed by atoms with van der Waals surface area (Å²) in [4.78, 5) is 4.72. The monoisotopic (exact) mass is 255 g/mol. The lowest BCUT2D eigenvalue weighted by Crippen LogP contribution is -2.38. The first-order chi connectivity index (χ1) is 8.65. The summed E-state index contributed by atoms with van der Waals surface area (Å²) in [5, 5.41) is 13.4. The second kappa shape index (κ2) is 6.85. The maximum Gasteiger partial charge on any atom is 0.0682 e. The highest BCUT2D eigenvalue weighted by atomic mass is 16.3. The minimum absolute atomic E-state index is 0.112. The number of nitrogens with one attached hydrogen (secondary N) is 1. The number of β-amino-alcohol motifs (C(OH)–C–C–N with tert-alkyl or cyclic N) is 1. The smallest absolute Gasteiger partial charge is 0.0682 e. The fraction of sp³-hybridized carbons (Fsp3) is 1.00. The van der Waals surface area contributed by atoms with Crippen molar-refractivity contribution in [1.82, 2.24) is 15.1 Å². The van der Waals surface area contributed by atoms with Crippen LogP contribution in [-0.4, -0.2) is 73.4 Å². The van der Waals surface area contributed by atoms with Crippen LogP contribution in [0.15, 0.2) is 0 Å². The fourth-order valence-corrected chi connectivity index (χ4v) is 3.39. The summed E-state index contributed by atoms with van der Waals surface area (Å²) in [6.45, 7) is 4.29. The molecule has 2 aliphatic heterocycles. The lowest BCUT2D eigenvalue weighted by Gasteiger charge is -2.27. The van der Waals surface area contributed by atoms with Crippen molar-refractivity contribution in [2.45, 2.75) is 50.3 Å². The minimum atomic E-state index is -0.112. The van der Waals surface area contributed by atoms with Crippen molar-refractivity contribution in [3.05, 3.63) is 0 Å². The molecule has 0 aromatic rings. The molecule has 0 saturated carbocycles. The Kier molecular flexibility index (Phi) is 5.42. The summed E-state index contributed by atoms with van der Waals surface area (Å²) in [7, 11) is 4.23. The lowest BCUT2D eigenvalue weighted by atomic mass is 10.1. The summed E-state index contributed by atoms with van der Waals surface area (Å²) in [6.07, 6.45) is 6.08. The number of aliphatic hydroxyl groups is 1. The molecular weight excluding hydrogens is 226 g/mol. The van der Waals surface area contributed by atoms with Crippen LogP contribution in [-0.2, 0) is 0 Å². The minimum Gasteiger partial charge on any atom is -0.392 e. The predicted octanol–water partition coefficient (Wildman–Crippen LogP) is 0.515. The zero-order valence-corrected chi connectivity index (χ0v) is 11.9. The number of likely N-dealkylation sites (tertiary alicyclic amines) is 1. The van der Waals surface area contributed by atoms with E-state index < -0.39 is 0 Å². The van der Waals surface area contributed by atoms with Gasteiger partial charge in [-0.1, -0.05) is 0 Å². The van der Waals surface area contributed by atoms with E-state index in [-0.39, 0.29) is 6.10 Å². The summed E-state index contributed by atoms with van der Waals surface area (Å²) in [5.41, 5.74) is 0. The van der Waals surface area contributed by atoms with E-state index in [1.165, 1.54) is 32.2 Å². The molecule has 3 unspecified atom stereocenters. The standard InChI is InChI=1S/C14H29N3O/c1-16(2)10-13-9-14(18)11-17(13)8-4-6-12-5-3-7-15-12/h12-15,18H,3-11H2,1-2H3. The van der Waals surface area contributed by atoms with Crippen LogP contribution in [0.3, 0.4) is 0 Å². The van der Waals surface area contributed by atoms with Crippen LogP contribution >= 0.6 is 0 Å². The lowest BCUT2D eigenvalue weighted by molar-refractivity contribution is 0.171. The predicted molar refractivity (Wildman–Crippen MR) is 74.8 cm³/mol. The molecule has 2 fully saturated rings. The van der Waals surface area contributed by atoms with E-state index in [1.54, 1.807) is 0 Å². The van der Waals surface area contributed by atoms with E-state index >= 15 is 0 Å². The molecule has 0 aliphatic carbocycles. The van der Waals surface area contributed by atoms with Crippen LogP contribution in [0.4, 0.5) is 0 Å². The Balaban J connectivity index is 1.69. The Bertz CT molecular complexity index is 241. The van der Waals surface area contributed by atoms with Gasteiger partial charge < -0.3 is 15.3 Å². The highest BCUT2D eigenvalue weighted by Gasteiger charge is 2.30. The molecule has 0 bridgehead atoms. The van der Waals surface area contributed by atoms with Gasteiger partial charge in [0, 0.05) is 25.2 Å². The van der Waals surface area contributed by atoms with Gasteiger partial charge in [-0.05, 0) is 59.3 Å². The van der Waals surface area contributed by atoms with Crippen molar-refractivity contribution in [1.29, 1.82) is 0 Å².